The average molecular weight is 313 g/mol. The van der Waals surface area contributed by atoms with Crippen LogP contribution < -0.4 is 5.32 Å². The minimum Gasteiger partial charge on any atom is -0.358 e. The van der Waals surface area contributed by atoms with Crippen molar-refractivity contribution in [2.24, 2.45) is 0 Å². The van der Waals surface area contributed by atoms with E-state index >= 15 is 0 Å². The van der Waals surface area contributed by atoms with Crippen molar-refractivity contribution in [1.82, 2.24) is 10.3 Å². The van der Waals surface area contributed by atoms with Crippen LogP contribution in [0, 0.1) is 17.0 Å². The summed E-state index contributed by atoms with van der Waals surface area (Å²) >= 11 is 0. The second-order valence-corrected chi connectivity index (χ2v) is 4.97. The highest BCUT2D eigenvalue weighted by molar-refractivity contribution is 6.10. The first kappa shape index (κ1) is 16.3. The normalized spacial score (nSPS) is 10.2. The van der Waals surface area contributed by atoms with Crippen LogP contribution >= 0.6 is 0 Å². The van der Waals surface area contributed by atoms with Gasteiger partial charge >= 0.3 is 5.82 Å². The smallest absolute Gasteiger partial charge is 0.358 e. The highest BCUT2D eigenvalue weighted by Gasteiger charge is 2.18. The van der Waals surface area contributed by atoms with Crippen molar-refractivity contribution in [2.45, 2.75) is 20.3 Å². The first-order valence-corrected chi connectivity index (χ1v) is 6.98. The highest BCUT2D eigenvalue weighted by Crippen LogP contribution is 2.14. The molecule has 2 rings (SSSR count). The molecule has 0 atom stereocenters. The van der Waals surface area contributed by atoms with Gasteiger partial charge in [0.05, 0.1) is 5.56 Å². The van der Waals surface area contributed by atoms with E-state index in [-0.39, 0.29) is 5.56 Å². The Hall–Kier alpha value is -3.09. The summed E-state index contributed by atoms with van der Waals surface area (Å²) in [5.74, 6) is -1.68. The SMILES string of the molecule is CCc1cc(C(=O)NC(=O)c2ccc(C)cc2)cc([N+](=O)[O-])n1. The molecule has 118 valence electrons. The van der Waals surface area contributed by atoms with Crippen LogP contribution in [0.4, 0.5) is 5.82 Å². The van der Waals surface area contributed by atoms with Crippen molar-refractivity contribution in [3.63, 3.8) is 0 Å². The van der Waals surface area contributed by atoms with Crippen LogP contribution in [-0.2, 0) is 6.42 Å². The lowest BCUT2D eigenvalue weighted by atomic mass is 10.1. The molecular weight excluding hydrogens is 298 g/mol. The van der Waals surface area contributed by atoms with Gasteiger partial charge in [-0.25, -0.2) is 0 Å². The minimum absolute atomic E-state index is 0.0315. The minimum atomic E-state index is -0.698. The third-order valence-corrected chi connectivity index (χ3v) is 3.22. The number of aryl methyl sites for hydroxylation is 2. The number of pyridine rings is 1. The highest BCUT2D eigenvalue weighted by atomic mass is 16.6. The van der Waals surface area contributed by atoms with Gasteiger partial charge in [-0.3, -0.25) is 14.9 Å². The number of rotatable bonds is 4. The zero-order valence-corrected chi connectivity index (χ0v) is 12.7. The van der Waals surface area contributed by atoms with E-state index in [1.807, 2.05) is 6.92 Å². The van der Waals surface area contributed by atoms with Gasteiger partial charge in [-0.2, -0.15) is 0 Å². The van der Waals surface area contributed by atoms with E-state index in [1.165, 1.54) is 6.07 Å². The van der Waals surface area contributed by atoms with Crippen LogP contribution in [0.1, 0.15) is 38.9 Å². The van der Waals surface area contributed by atoms with Crippen molar-refractivity contribution >= 4 is 17.6 Å². The van der Waals surface area contributed by atoms with Gasteiger partial charge in [-0.05, 0) is 35.0 Å². The quantitative estimate of drug-likeness (QED) is 0.530. The van der Waals surface area contributed by atoms with Gasteiger partial charge in [0.2, 0.25) is 0 Å². The lowest BCUT2D eigenvalue weighted by Crippen LogP contribution is -2.30. The van der Waals surface area contributed by atoms with Gasteiger partial charge < -0.3 is 10.1 Å². The molecule has 2 amide bonds. The fraction of sp³-hybridized carbons (Fsp3) is 0.188. The first-order chi connectivity index (χ1) is 10.9. The Bertz CT molecular complexity index is 769. The van der Waals surface area contributed by atoms with Gasteiger partial charge in [0.15, 0.2) is 5.69 Å². The zero-order valence-electron chi connectivity index (χ0n) is 12.7. The molecule has 7 nitrogen and oxygen atoms in total. The number of carbonyl (C=O) groups excluding carboxylic acids is 2. The molecule has 0 spiro atoms. The van der Waals surface area contributed by atoms with Crippen molar-refractivity contribution in [3.8, 4) is 0 Å². The molecule has 0 fully saturated rings. The molecular formula is C16H15N3O4. The predicted molar refractivity (Wildman–Crippen MR) is 83.2 cm³/mol. The fourth-order valence-electron chi connectivity index (χ4n) is 1.93. The number of hydrogen-bond donors (Lipinski definition) is 1. The molecule has 0 aliphatic carbocycles. The zero-order chi connectivity index (χ0) is 17.0. The van der Waals surface area contributed by atoms with E-state index in [4.69, 9.17) is 0 Å². The maximum absolute atomic E-state index is 12.2. The van der Waals surface area contributed by atoms with Crippen LogP contribution in [0.5, 0.6) is 0 Å². The number of hydrogen-bond acceptors (Lipinski definition) is 5. The molecule has 0 saturated heterocycles. The summed E-state index contributed by atoms with van der Waals surface area (Å²) in [6, 6.07) is 9.20. The Balaban J connectivity index is 2.23. The van der Waals surface area contributed by atoms with Gasteiger partial charge in [0, 0.05) is 18.1 Å². The molecule has 1 N–H and O–H groups in total. The van der Waals surface area contributed by atoms with Crippen LogP contribution in [0.2, 0.25) is 0 Å². The summed E-state index contributed by atoms with van der Waals surface area (Å²) in [7, 11) is 0. The van der Waals surface area contributed by atoms with Crippen LogP contribution in [0.3, 0.4) is 0 Å². The molecule has 0 aliphatic rings. The van der Waals surface area contributed by atoms with Gasteiger partial charge in [0.1, 0.15) is 0 Å². The largest absolute Gasteiger partial charge is 0.364 e. The van der Waals surface area contributed by atoms with Crippen LogP contribution in [-0.4, -0.2) is 21.7 Å². The Morgan fingerprint density at radius 2 is 1.74 bits per heavy atom. The number of imide groups is 1. The van der Waals surface area contributed by atoms with E-state index < -0.39 is 22.6 Å². The lowest BCUT2D eigenvalue weighted by Gasteiger charge is -2.05. The van der Waals surface area contributed by atoms with Gasteiger partial charge in [0.25, 0.3) is 11.8 Å². The standard InChI is InChI=1S/C16H15N3O4/c1-3-13-8-12(9-14(17-13)19(22)23)16(21)18-15(20)11-6-4-10(2)5-7-11/h4-9H,3H2,1-2H3,(H,18,20,21). The predicted octanol–water partition coefficient (Wildman–Crippen LogP) is 2.43. The number of nitrogens with zero attached hydrogens (tertiary/aromatic N) is 2. The Labute approximate surface area is 132 Å². The van der Waals surface area contributed by atoms with E-state index in [0.29, 0.717) is 17.7 Å². The molecule has 1 aromatic carbocycles. The number of amides is 2. The maximum atomic E-state index is 12.2. The van der Waals surface area contributed by atoms with Crippen molar-refractivity contribution in [3.05, 3.63) is 68.9 Å². The van der Waals surface area contributed by atoms with Crippen LogP contribution in [0.25, 0.3) is 0 Å². The molecule has 0 radical (unpaired) electrons. The number of benzene rings is 1. The maximum Gasteiger partial charge on any atom is 0.364 e. The molecule has 0 aliphatic heterocycles. The number of carbonyl (C=O) groups is 2. The van der Waals surface area contributed by atoms with Crippen molar-refractivity contribution in [1.29, 1.82) is 0 Å². The van der Waals surface area contributed by atoms with Gasteiger partial charge in [-0.15, -0.1) is 0 Å². The van der Waals surface area contributed by atoms with E-state index in [1.54, 1.807) is 31.2 Å². The molecule has 7 heteroatoms. The average Bonchev–Trinajstić information content (AvgIpc) is 2.54. The summed E-state index contributed by atoms with van der Waals surface area (Å²) in [4.78, 5) is 38.2. The molecule has 1 aromatic heterocycles. The Morgan fingerprint density at radius 1 is 1.13 bits per heavy atom. The van der Waals surface area contributed by atoms with Crippen molar-refractivity contribution < 1.29 is 14.5 Å². The van der Waals surface area contributed by atoms with E-state index in [0.717, 1.165) is 11.6 Å². The van der Waals surface area contributed by atoms with Crippen LogP contribution in [0.15, 0.2) is 36.4 Å². The molecule has 23 heavy (non-hydrogen) atoms. The number of nitro groups is 1. The Morgan fingerprint density at radius 3 is 2.30 bits per heavy atom. The second kappa shape index (κ2) is 6.78. The topological polar surface area (TPSA) is 102 Å². The third-order valence-electron chi connectivity index (χ3n) is 3.22. The van der Waals surface area contributed by atoms with E-state index in [9.17, 15) is 19.7 Å². The van der Waals surface area contributed by atoms with Crippen molar-refractivity contribution in [2.75, 3.05) is 0 Å². The summed E-state index contributed by atoms with van der Waals surface area (Å²) < 4.78 is 0. The first-order valence-electron chi connectivity index (χ1n) is 6.98. The second-order valence-electron chi connectivity index (χ2n) is 4.97. The van der Waals surface area contributed by atoms with Gasteiger partial charge in [-0.1, -0.05) is 24.6 Å². The van der Waals surface area contributed by atoms with E-state index in [2.05, 4.69) is 10.3 Å². The summed E-state index contributed by atoms with van der Waals surface area (Å²) in [5.41, 5.74) is 1.77. The summed E-state index contributed by atoms with van der Waals surface area (Å²) in [5, 5.41) is 13.1. The summed E-state index contributed by atoms with van der Waals surface area (Å²) in [6.45, 7) is 3.65. The number of aromatic nitrogens is 1. The molecule has 0 bridgehead atoms. The fourth-order valence-corrected chi connectivity index (χ4v) is 1.93. The molecule has 2 aromatic rings. The molecule has 0 saturated carbocycles. The third kappa shape index (κ3) is 3.97. The molecule has 1 heterocycles. The number of nitrogens with one attached hydrogen (secondary N) is 1. The Kier molecular flexibility index (Phi) is 4.80. The molecule has 0 unspecified atom stereocenters. The summed E-state index contributed by atoms with van der Waals surface area (Å²) in [6.07, 6.45) is 0.438. The monoisotopic (exact) mass is 313 g/mol. The lowest BCUT2D eigenvalue weighted by molar-refractivity contribution is -0.389.